The molecule has 17 heavy (non-hydrogen) atoms. The van der Waals surface area contributed by atoms with Crippen LogP contribution >= 0.6 is 0 Å². The summed E-state index contributed by atoms with van der Waals surface area (Å²) in [6, 6.07) is 3.24. The van der Waals surface area contributed by atoms with Gasteiger partial charge in [-0.05, 0) is 32.6 Å². The van der Waals surface area contributed by atoms with E-state index in [1.54, 1.807) is 0 Å². The standard InChI is InChI=1S/C14H27N3/c1-3-12-9-17(11(2)8-15-12)14-6-7-16(10-14)13-4-5-13/h11-15H,3-10H2,1-2H3. The molecule has 98 valence electrons. The largest absolute Gasteiger partial charge is 0.311 e. The third-order valence-corrected chi connectivity index (χ3v) is 4.92. The van der Waals surface area contributed by atoms with Crippen LogP contribution in [0.4, 0.5) is 0 Å². The van der Waals surface area contributed by atoms with Crippen molar-refractivity contribution < 1.29 is 0 Å². The fourth-order valence-electron chi connectivity index (χ4n) is 3.55. The van der Waals surface area contributed by atoms with Crippen LogP contribution in [0, 0.1) is 0 Å². The Morgan fingerprint density at radius 3 is 2.65 bits per heavy atom. The number of likely N-dealkylation sites (tertiary alicyclic amines) is 1. The van der Waals surface area contributed by atoms with Gasteiger partial charge in [-0.25, -0.2) is 0 Å². The highest BCUT2D eigenvalue weighted by molar-refractivity contribution is 4.96. The van der Waals surface area contributed by atoms with E-state index in [0.717, 1.165) is 24.2 Å². The van der Waals surface area contributed by atoms with E-state index in [4.69, 9.17) is 0 Å². The number of hydrogen-bond donors (Lipinski definition) is 1. The second-order valence-electron chi connectivity index (χ2n) is 6.23. The van der Waals surface area contributed by atoms with Crippen LogP contribution in [0.15, 0.2) is 0 Å². The average molecular weight is 237 g/mol. The summed E-state index contributed by atoms with van der Waals surface area (Å²) >= 11 is 0. The Hall–Kier alpha value is -0.120. The van der Waals surface area contributed by atoms with E-state index in [1.807, 2.05) is 0 Å². The molecule has 1 N–H and O–H groups in total. The lowest BCUT2D eigenvalue weighted by molar-refractivity contribution is 0.0913. The molecule has 3 aliphatic rings. The van der Waals surface area contributed by atoms with E-state index in [2.05, 4.69) is 29.0 Å². The fraction of sp³-hybridized carbons (Fsp3) is 1.00. The summed E-state index contributed by atoms with van der Waals surface area (Å²) in [4.78, 5) is 5.52. The zero-order valence-corrected chi connectivity index (χ0v) is 11.4. The summed E-state index contributed by atoms with van der Waals surface area (Å²) in [6.45, 7) is 9.82. The van der Waals surface area contributed by atoms with Gasteiger partial charge in [0.1, 0.15) is 0 Å². The lowest BCUT2D eigenvalue weighted by Gasteiger charge is -2.42. The molecular weight excluding hydrogens is 210 g/mol. The van der Waals surface area contributed by atoms with Crippen molar-refractivity contribution >= 4 is 0 Å². The molecule has 2 aliphatic heterocycles. The quantitative estimate of drug-likeness (QED) is 0.798. The molecule has 3 atom stereocenters. The zero-order chi connectivity index (χ0) is 11.8. The first-order valence-electron chi connectivity index (χ1n) is 7.51. The monoisotopic (exact) mass is 237 g/mol. The molecule has 0 spiro atoms. The van der Waals surface area contributed by atoms with Gasteiger partial charge in [-0.1, -0.05) is 6.92 Å². The molecule has 3 nitrogen and oxygen atoms in total. The minimum Gasteiger partial charge on any atom is -0.311 e. The predicted octanol–water partition coefficient (Wildman–Crippen LogP) is 1.30. The summed E-state index contributed by atoms with van der Waals surface area (Å²) in [5.41, 5.74) is 0. The zero-order valence-electron chi connectivity index (χ0n) is 11.4. The van der Waals surface area contributed by atoms with Crippen molar-refractivity contribution in [2.75, 3.05) is 26.2 Å². The fourth-order valence-corrected chi connectivity index (χ4v) is 3.55. The van der Waals surface area contributed by atoms with Crippen molar-refractivity contribution in [3.8, 4) is 0 Å². The predicted molar refractivity (Wildman–Crippen MR) is 71.2 cm³/mol. The van der Waals surface area contributed by atoms with Gasteiger partial charge in [-0.15, -0.1) is 0 Å². The maximum Gasteiger partial charge on any atom is 0.0239 e. The van der Waals surface area contributed by atoms with Crippen molar-refractivity contribution in [1.82, 2.24) is 15.1 Å². The number of piperazine rings is 1. The van der Waals surface area contributed by atoms with E-state index >= 15 is 0 Å². The molecule has 3 unspecified atom stereocenters. The van der Waals surface area contributed by atoms with Gasteiger partial charge in [0.2, 0.25) is 0 Å². The van der Waals surface area contributed by atoms with Crippen molar-refractivity contribution in [2.24, 2.45) is 0 Å². The Kier molecular flexibility index (Phi) is 3.42. The van der Waals surface area contributed by atoms with Crippen LogP contribution in [0.25, 0.3) is 0 Å². The Balaban J connectivity index is 1.58. The Morgan fingerprint density at radius 1 is 1.12 bits per heavy atom. The minimum atomic E-state index is 0.723. The molecule has 1 saturated carbocycles. The molecule has 1 aliphatic carbocycles. The lowest BCUT2D eigenvalue weighted by atomic mass is 10.0. The maximum atomic E-state index is 3.66. The normalized spacial score (nSPS) is 40.9. The number of rotatable bonds is 3. The van der Waals surface area contributed by atoms with Crippen molar-refractivity contribution in [2.45, 2.75) is 63.7 Å². The molecule has 2 saturated heterocycles. The van der Waals surface area contributed by atoms with Crippen LogP contribution in [-0.2, 0) is 0 Å². The molecule has 0 amide bonds. The minimum absolute atomic E-state index is 0.723. The van der Waals surface area contributed by atoms with E-state index in [-0.39, 0.29) is 0 Å². The van der Waals surface area contributed by atoms with Gasteiger partial charge in [-0.3, -0.25) is 9.80 Å². The highest BCUT2D eigenvalue weighted by atomic mass is 15.3. The first-order chi connectivity index (χ1) is 8.28. The Morgan fingerprint density at radius 2 is 1.94 bits per heavy atom. The molecule has 3 rings (SSSR count). The van der Waals surface area contributed by atoms with E-state index in [9.17, 15) is 0 Å². The van der Waals surface area contributed by atoms with Gasteiger partial charge in [0, 0.05) is 50.3 Å². The smallest absolute Gasteiger partial charge is 0.0239 e. The first kappa shape index (κ1) is 11.9. The van der Waals surface area contributed by atoms with Crippen LogP contribution in [0.1, 0.15) is 39.5 Å². The number of nitrogens with one attached hydrogen (secondary N) is 1. The molecule has 0 radical (unpaired) electrons. The third-order valence-electron chi connectivity index (χ3n) is 4.92. The molecule has 0 aromatic carbocycles. The second-order valence-corrected chi connectivity index (χ2v) is 6.23. The van der Waals surface area contributed by atoms with E-state index in [1.165, 1.54) is 51.9 Å². The number of hydrogen-bond acceptors (Lipinski definition) is 3. The third kappa shape index (κ3) is 2.51. The van der Waals surface area contributed by atoms with Crippen molar-refractivity contribution in [3.63, 3.8) is 0 Å². The highest BCUT2D eigenvalue weighted by Gasteiger charge is 2.38. The van der Waals surface area contributed by atoms with Crippen LogP contribution in [0.2, 0.25) is 0 Å². The highest BCUT2D eigenvalue weighted by Crippen LogP contribution is 2.31. The van der Waals surface area contributed by atoms with Crippen molar-refractivity contribution in [1.29, 1.82) is 0 Å². The molecule has 0 aromatic rings. The molecule has 0 aromatic heterocycles. The van der Waals surface area contributed by atoms with E-state index < -0.39 is 0 Å². The van der Waals surface area contributed by atoms with Crippen LogP contribution in [0.3, 0.4) is 0 Å². The Bertz CT molecular complexity index is 264. The van der Waals surface area contributed by atoms with Gasteiger partial charge >= 0.3 is 0 Å². The van der Waals surface area contributed by atoms with Crippen LogP contribution in [-0.4, -0.2) is 60.1 Å². The average Bonchev–Trinajstić information content (AvgIpc) is 3.09. The van der Waals surface area contributed by atoms with Gasteiger partial charge < -0.3 is 5.32 Å². The number of nitrogens with zero attached hydrogens (tertiary/aromatic N) is 2. The first-order valence-corrected chi connectivity index (χ1v) is 7.51. The molecule has 0 bridgehead atoms. The molecule has 3 fully saturated rings. The lowest BCUT2D eigenvalue weighted by Crippen LogP contribution is -2.58. The van der Waals surface area contributed by atoms with Gasteiger partial charge in [0.05, 0.1) is 0 Å². The maximum absolute atomic E-state index is 3.66. The van der Waals surface area contributed by atoms with Crippen LogP contribution in [0.5, 0.6) is 0 Å². The summed E-state index contributed by atoms with van der Waals surface area (Å²) in [5, 5.41) is 3.66. The van der Waals surface area contributed by atoms with E-state index in [0.29, 0.717) is 0 Å². The molecular formula is C14H27N3. The van der Waals surface area contributed by atoms with Gasteiger partial charge in [-0.2, -0.15) is 0 Å². The van der Waals surface area contributed by atoms with Gasteiger partial charge in [0.25, 0.3) is 0 Å². The summed E-state index contributed by atoms with van der Waals surface area (Å²) in [7, 11) is 0. The Labute approximate surface area is 106 Å². The molecule has 3 heteroatoms. The summed E-state index contributed by atoms with van der Waals surface area (Å²) < 4.78 is 0. The summed E-state index contributed by atoms with van der Waals surface area (Å²) in [6.07, 6.45) is 5.59. The molecule has 2 heterocycles. The van der Waals surface area contributed by atoms with Crippen molar-refractivity contribution in [3.05, 3.63) is 0 Å². The topological polar surface area (TPSA) is 18.5 Å². The summed E-state index contributed by atoms with van der Waals surface area (Å²) in [5.74, 6) is 0. The van der Waals surface area contributed by atoms with Crippen LogP contribution < -0.4 is 5.32 Å². The van der Waals surface area contributed by atoms with Gasteiger partial charge in [0.15, 0.2) is 0 Å². The second kappa shape index (κ2) is 4.87. The SMILES string of the molecule is CCC1CN(C2CCN(C3CC3)C2)C(C)CN1.